The van der Waals surface area contributed by atoms with Gasteiger partial charge in [-0.05, 0) is 36.8 Å². The number of aryl methyl sites for hydroxylation is 1. The number of aromatic nitrogens is 2. The highest BCUT2D eigenvalue weighted by molar-refractivity contribution is 7.89. The molecule has 0 saturated carbocycles. The van der Waals surface area contributed by atoms with E-state index in [-0.39, 0.29) is 27.1 Å². The Labute approximate surface area is 191 Å². The molecule has 2 atom stereocenters. The third kappa shape index (κ3) is 4.70. The number of nitrogens with zero attached hydrogens (tertiary/aromatic N) is 1. The van der Waals surface area contributed by atoms with Crippen molar-refractivity contribution in [2.24, 2.45) is 5.73 Å². The summed E-state index contributed by atoms with van der Waals surface area (Å²) in [7, 11) is -4.47. The number of carbonyl (C=O) groups is 1. The smallest absolute Gasteiger partial charge is 0.391 e. The zero-order valence-electron chi connectivity index (χ0n) is 16.6. The fraction of sp³-hybridized carbons (Fsp3) is 0.211. The molecular weight excluding hydrogens is 486 g/mol. The summed E-state index contributed by atoms with van der Waals surface area (Å²) in [6, 6.07) is 4.71. The third-order valence-electron chi connectivity index (χ3n) is 4.77. The number of benzene rings is 2. The number of nitrogens with one attached hydrogen (secondary N) is 2. The maximum absolute atomic E-state index is 14.7. The van der Waals surface area contributed by atoms with Crippen LogP contribution in [0.25, 0.3) is 0 Å². The number of primary amides is 1. The molecular formula is C19H17Cl2FN4O5S. The SMILES string of the molecule is Cc1ccc(F)c([C@@H](C)[C@H](NS(=O)(=O)c2ccc(Cl)cc2C(N)=O)c2n[nH]c(=O)o2)c1Cl. The maximum atomic E-state index is 14.7. The molecule has 0 spiro atoms. The molecule has 9 nitrogen and oxygen atoms in total. The van der Waals surface area contributed by atoms with Gasteiger partial charge in [0.05, 0.1) is 10.5 Å². The first kappa shape index (κ1) is 23.9. The second-order valence-electron chi connectivity index (χ2n) is 6.94. The van der Waals surface area contributed by atoms with Gasteiger partial charge in [0.15, 0.2) is 0 Å². The minimum absolute atomic E-state index is 0.0174. The molecule has 1 amide bonds. The Balaban J connectivity index is 2.14. The molecule has 1 heterocycles. The Hall–Kier alpha value is -2.73. The van der Waals surface area contributed by atoms with Crippen molar-refractivity contribution in [1.82, 2.24) is 14.9 Å². The van der Waals surface area contributed by atoms with Gasteiger partial charge >= 0.3 is 5.76 Å². The summed E-state index contributed by atoms with van der Waals surface area (Å²) in [6.07, 6.45) is 0. The molecule has 1 aromatic heterocycles. The van der Waals surface area contributed by atoms with E-state index in [9.17, 15) is 22.4 Å². The average molecular weight is 503 g/mol. The van der Waals surface area contributed by atoms with Gasteiger partial charge in [0, 0.05) is 21.5 Å². The molecule has 13 heteroatoms. The number of hydrogen-bond donors (Lipinski definition) is 3. The number of rotatable bonds is 7. The molecule has 0 radical (unpaired) electrons. The van der Waals surface area contributed by atoms with Crippen molar-refractivity contribution in [3.8, 4) is 0 Å². The van der Waals surface area contributed by atoms with Gasteiger partial charge in [-0.1, -0.05) is 36.2 Å². The predicted molar refractivity (Wildman–Crippen MR) is 115 cm³/mol. The summed E-state index contributed by atoms with van der Waals surface area (Å²) >= 11 is 12.1. The quantitative estimate of drug-likeness (QED) is 0.452. The lowest BCUT2D eigenvalue weighted by molar-refractivity contribution is 0.0997. The zero-order chi connectivity index (χ0) is 23.8. The molecule has 3 rings (SSSR count). The lowest BCUT2D eigenvalue weighted by atomic mass is 9.92. The first-order valence-electron chi connectivity index (χ1n) is 9.04. The van der Waals surface area contributed by atoms with Gasteiger partial charge in [0.25, 0.3) is 0 Å². The van der Waals surface area contributed by atoms with Crippen LogP contribution < -0.4 is 16.2 Å². The van der Waals surface area contributed by atoms with Gasteiger partial charge in [-0.25, -0.2) is 22.7 Å². The minimum atomic E-state index is -4.47. The number of aromatic amines is 1. The van der Waals surface area contributed by atoms with Crippen LogP contribution in [0.4, 0.5) is 4.39 Å². The fourth-order valence-corrected chi connectivity index (χ4v) is 5.12. The first-order chi connectivity index (χ1) is 14.9. The number of H-pyrrole nitrogens is 1. The Morgan fingerprint density at radius 3 is 2.56 bits per heavy atom. The van der Waals surface area contributed by atoms with Gasteiger partial charge < -0.3 is 10.2 Å². The lowest BCUT2D eigenvalue weighted by Crippen LogP contribution is -2.34. The van der Waals surface area contributed by atoms with Gasteiger partial charge in [-0.2, -0.15) is 4.72 Å². The maximum Gasteiger partial charge on any atom is 0.434 e. The molecule has 3 aromatic rings. The number of amides is 1. The Kier molecular flexibility index (Phi) is 6.75. The average Bonchev–Trinajstić information content (AvgIpc) is 3.15. The van der Waals surface area contributed by atoms with Crippen molar-refractivity contribution in [3.05, 3.63) is 79.3 Å². The molecule has 2 aromatic carbocycles. The highest BCUT2D eigenvalue weighted by atomic mass is 35.5. The number of sulfonamides is 1. The Morgan fingerprint density at radius 2 is 1.97 bits per heavy atom. The van der Waals surface area contributed by atoms with Crippen LogP contribution in [0.5, 0.6) is 0 Å². The van der Waals surface area contributed by atoms with Crippen LogP contribution >= 0.6 is 23.2 Å². The third-order valence-corrected chi connectivity index (χ3v) is 7.01. The normalized spacial score (nSPS) is 13.7. The van der Waals surface area contributed by atoms with E-state index in [2.05, 4.69) is 9.82 Å². The van der Waals surface area contributed by atoms with Crippen LogP contribution in [0.15, 0.2) is 44.4 Å². The van der Waals surface area contributed by atoms with Crippen molar-refractivity contribution in [1.29, 1.82) is 0 Å². The van der Waals surface area contributed by atoms with Crippen molar-refractivity contribution >= 4 is 39.1 Å². The van der Waals surface area contributed by atoms with Crippen LogP contribution in [0.1, 0.15) is 46.3 Å². The second-order valence-corrected chi connectivity index (χ2v) is 9.43. The van der Waals surface area contributed by atoms with E-state index >= 15 is 0 Å². The number of carbonyl (C=O) groups excluding carboxylic acids is 1. The largest absolute Gasteiger partial charge is 0.434 e. The topological polar surface area (TPSA) is 148 Å². The Morgan fingerprint density at radius 1 is 1.28 bits per heavy atom. The fourth-order valence-electron chi connectivity index (χ4n) is 3.16. The number of halogens is 3. The van der Waals surface area contributed by atoms with Crippen LogP contribution in [0.3, 0.4) is 0 Å². The standard InChI is InChI=1S/C19H17Cl2FN4O5S/c1-8-3-5-12(22)14(15(8)21)9(2)16(18-24-25-19(28)31-18)26-32(29,30)13-6-4-10(20)7-11(13)17(23)27/h3-7,9,16,26H,1-2H3,(H2,23,27)(H,25,28)/t9-,16+/m1/s1. The van der Waals surface area contributed by atoms with Gasteiger partial charge in [-0.15, -0.1) is 5.10 Å². The van der Waals surface area contributed by atoms with Gasteiger partial charge in [0.1, 0.15) is 11.9 Å². The number of nitrogens with two attached hydrogens (primary N) is 1. The first-order valence-corrected chi connectivity index (χ1v) is 11.3. The summed E-state index contributed by atoms with van der Waals surface area (Å²) in [4.78, 5) is 22.8. The van der Waals surface area contributed by atoms with Crippen molar-refractivity contribution in [3.63, 3.8) is 0 Å². The van der Waals surface area contributed by atoms with Crippen LogP contribution in [-0.2, 0) is 10.0 Å². The van der Waals surface area contributed by atoms with Crippen molar-refractivity contribution in [2.75, 3.05) is 0 Å². The van der Waals surface area contributed by atoms with Gasteiger partial charge in [0.2, 0.25) is 21.8 Å². The molecule has 0 aliphatic rings. The molecule has 0 unspecified atom stereocenters. The van der Waals surface area contributed by atoms with E-state index in [1.54, 1.807) is 6.92 Å². The Bertz CT molecular complexity index is 1360. The van der Waals surface area contributed by atoms with E-state index in [0.29, 0.717) is 5.56 Å². The molecule has 0 saturated heterocycles. The molecule has 4 N–H and O–H groups in total. The van der Waals surface area contributed by atoms with E-state index in [0.717, 1.165) is 12.1 Å². The van der Waals surface area contributed by atoms with Gasteiger partial charge in [-0.3, -0.25) is 4.79 Å². The van der Waals surface area contributed by atoms with E-state index in [1.807, 2.05) is 5.10 Å². The second kappa shape index (κ2) is 9.02. The minimum Gasteiger partial charge on any atom is -0.391 e. The van der Waals surface area contributed by atoms with Crippen LogP contribution in [0, 0.1) is 12.7 Å². The monoisotopic (exact) mass is 502 g/mol. The highest BCUT2D eigenvalue weighted by Crippen LogP contribution is 2.38. The van der Waals surface area contributed by atoms with E-state index in [4.69, 9.17) is 33.4 Å². The van der Waals surface area contributed by atoms with E-state index in [1.165, 1.54) is 25.1 Å². The summed E-state index contributed by atoms with van der Waals surface area (Å²) < 4.78 is 48.3. The molecule has 0 bridgehead atoms. The summed E-state index contributed by atoms with van der Waals surface area (Å²) in [5, 5.41) is 5.88. The molecule has 0 aliphatic carbocycles. The predicted octanol–water partition coefficient (Wildman–Crippen LogP) is 3.04. The number of hydrogen-bond acceptors (Lipinski definition) is 6. The molecule has 170 valence electrons. The zero-order valence-corrected chi connectivity index (χ0v) is 19.0. The summed E-state index contributed by atoms with van der Waals surface area (Å²) in [5.74, 6) is -4.03. The van der Waals surface area contributed by atoms with Crippen molar-refractivity contribution < 1.29 is 22.0 Å². The highest BCUT2D eigenvalue weighted by Gasteiger charge is 2.35. The molecule has 0 aliphatic heterocycles. The summed E-state index contributed by atoms with van der Waals surface area (Å²) in [6.45, 7) is 3.13. The van der Waals surface area contributed by atoms with Crippen LogP contribution in [0.2, 0.25) is 10.0 Å². The van der Waals surface area contributed by atoms with Crippen molar-refractivity contribution in [2.45, 2.75) is 30.7 Å². The molecule has 0 fully saturated rings. The summed E-state index contributed by atoms with van der Waals surface area (Å²) in [5.41, 5.74) is 5.47. The molecule has 32 heavy (non-hydrogen) atoms. The van der Waals surface area contributed by atoms with Crippen LogP contribution in [-0.4, -0.2) is 24.5 Å². The van der Waals surface area contributed by atoms with E-state index < -0.39 is 44.4 Å². The lowest BCUT2D eigenvalue weighted by Gasteiger charge is -2.24.